The molecule has 4 aliphatic rings. The Morgan fingerprint density at radius 2 is 0.857 bits per heavy atom. The van der Waals surface area contributed by atoms with Crippen molar-refractivity contribution in [3.05, 3.63) is 44.8 Å². The van der Waals surface area contributed by atoms with Gasteiger partial charge in [0, 0.05) is 48.7 Å². The van der Waals surface area contributed by atoms with Gasteiger partial charge in [-0.05, 0) is 74.0 Å². The van der Waals surface area contributed by atoms with Crippen LogP contribution < -0.4 is 0 Å². The average molecular weight is 559 g/mol. The first-order chi connectivity index (χ1) is 20.0. The van der Waals surface area contributed by atoms with Crippen molar-refractivity contribution in [2.75, 3.05) is 26.2 Å². The van der Waals surface area contributed by atoms with Gasteiger partial charge >= 0.3 is 0 Å². The van der Waals surface area contributed by atoms with Crippen molar-refractivity contribution in [2.24, 2.45) is 22.7 Å². The molecular formula is C34H38N8. The number of allylic oxidation sites excluding steroid dienone is 8. The molecule has 8 nitrogen and oxygen atoms in total. The lowest BCUT2D eigenvalue weighted by Crippen LogP contribution is -2.42. The standard InChI is InChI=1S/C34H38N8/c1-33(2)13-27(25(17-35)18-36)29(21-39)31(15-33)41-9-5-23(6-10-41)24-7-11-42(12-8-24)32-16-34(3,4)14-28(30(32)22-40)26(19-37)20-38/h23-24H,5-16H2,1-4H3. The molecule has 2 saturated heterocycles. The minimum absolute atomic E-state index is 0.0496. The van der Waals surface area contributed by atoms with Gasteiger partial charge in [0.2, 0.25) is 0 Å². The summed E-state index contributed by atoms with van der Waals surface area (Å²) in [4.78, 5) is 4.64. The van der Waals surface area contributed by atoms with Crippen LogP contribution in [0.4, 0.5) is 0 Å². The molecule has 0 aromatic heterocycles. The second-order valence-corrected chi connectivity index (χ2v) is 13.7. The van der Waals surface area contributed by atoms with Crippen molar-refractivity contribution >= 4 is 0 Å². The zero-order valence-corrected chi connectivity index (χ0v) is 25.2. The fourth-order valence-electron chi connectivity index (χ4n) is 7.52. The highest BCUT2D eigenvalue weighted by molar-refractivity contribution is 5.58. The molecule has 0 atom stereocenters. The summed E-state index contributed by atoms with van der Waals surface area (Å²) in [5, 5.41) is 58.2. The Hall–Kier alpha value is -4.50. The number of hydrogen-bond acceptors (Lipinski definition) is 8. The Morgan fingerprint density at radius 3 is 1.12 bits per heavy atom. The van der Waals surface area contributed by atoms with Crippen LogP contribution in [0.2, 0.25) is 0 Å². The molecule has 42 heavy (non-hydrogen) atoms. The first-order valence-electron chi connectivity index (χ1n) is 14.8. The zero-order chi connectivity index (χ0) is 30.7. The molecule has 2 aliphatic carbocycles. The Labute approximate surface area is 250 Å². The summed E-state index contributed by atoms with van der Waals surface area (Å²) in [7, 11) is 0. The summed E-state index contributed by atoms with van der Waals surface area (Å²) >= 11 is 0. The predicted octanol–water partition coefficient (Wildman–Crippen LogP) is 6.29. The quantitative estimate of drug-likeness (QED) is 0.367. The van der Waals surface area contributed by atoms with Gasteiger partial charge in [-0.3, -0.25) is 0 Å². The number of nitrogens with zero attached hydrogens (tertiary/aromatic N) is 8. The summed E-state index contributed by atoms with van der Waals surface area (Å²) in [6, 6.07) is 12.7. The molecule has 2 fully saturated rings. The van der Waals surface area contributed by atoms with Gasteiger partial charge in [-0.1, -0.05) is 27.7 Å². The maximum absolute atomic E-state index is 10.1. The van der Waals surface area contributed by atoms with E-state index in [1.54, 1.807) is 0 Å². The molecule has 214 valence electrons. The highest BCUT2D eigenvalue weighted by atomic mass is 15.2. The maximum atomic E-state index is 10.1. The van der Waals surface area contributed by atoms with E-state index >= 15 is 0 Å². The van der Waals surface area contributed by atoms with Crippen molar-refractivity contribution in [3.8, 4) is 36.4 Å². The summed E-state index contributed by atoms with van der Waals surface area (Å²) < 4.78 is 0. The Kier molecular flexibility index (Phi) is 8.82. The number of nitriles is 6. The highest BCUT2D eigenvalue weighted by Gasteiger charge is 2.39. The zero-order valence-electron chi connectivity index (χ0n) is 25.2. The molecule has 4 rings (SSSR count). The smallest absolute Gasteiger partial charge is 0.134 e. The molecule has 0 spiro atoms. The fourth-order valence-corrected chi connectivity index (χ4v) is 7.52. The Morgan fingerprint density at radius 1 is 0.548 bits per heavy atom. The fraction of sp³-hybridized carbons (Fsp3) is 0.588. The first kappa shape index (κ1) is 30.5. The van der Waals surface area contributed by atoms with Crippen LogP contribution in [0.1, 0.15) is 79.1 Å². The summed E-state index contributed by atoms with van der Waals surface area (Å²) in [5.74, 6) is 1.17. The van der Waals surface area contributed by atoms with E-state index < -0.39 is 0 Å². The molecule has 0 saturated carbocycles. The van der Waals surface area contributed by atoms with Crippen molar-refractivity contribution in [1.82, 2.24) is 9.80 Å². The van der Waals surface area contributed by atoms with Crippen molar-refractivity contribution < 1.29 is 0 Å². The molecular weight excluding hydrogens is 520 g/mol. The van der Waals surface area contributed by atoms with E-state index in [-0.39, 0.29) is 22.0 Å². The highest BCUT2D eigenvalue weighted by Crippen LogP contribution is 2.47. The van der Waals surface area contributed by atoms with E-state index in [2.05, 4.69) is 49.6 Å². The minimum atomic E-state index is -0.130. The number of piperidine rings is 2. The van der Waals surface area contributed by atoms with Gasteiger partial charge in [0.25, 0.3) is 0 Å². The molecule has 2 aliphatic heterocycles. The van der Waals surface area contributed by atoms with E-state index in [1.807, 2.05) is 24.3 Å². The molecule has 0 radical (unpaired) electrons. The maximum Gasteiger partial charge on any atom is 0.134 e. The topological polar surface area (TPSA) is 149 Å². The summed E-state index contributed by atoms with van der Waals surface area (Å²) in [6.07, 6.45) is 6.77. The van der Waals surface area contributed by atoms with Crippen molar-refractivity contribution in [1.29, 1.82) is 31.6 Å². The van der Waals surface area contributed by atoms with E-state index in [0.29, 0.717) is 47.0 Å². The number of rotatable bonds is 3. The lowest BCUT2D eigenvalue weighted by atomic mass is 9.71. The molecule has 0 aromatic rings. The predicted molar refractivity (Wildman–Crippen MR) is 156 cm³/mol. The molecule has 8 heteroatoms. The molecule has 0 amide bonds. The molecule has 2 heterocycles. The summed E-state index contributed by atoms with van der Waals surface area (Å²) in [5.41, 5.74) is 4.01. The van der Waals surface area contributed by atoms with E-state index in [9.17, 15) is 31.6 Å². The van der Waals surface area contributed by atoms with Gasteiger partial charge in [-0.25, -0.2) is 0 Å². The van der Waals surface area contributed by atoms with Crippen LogP contribution in [0.15, 0.2) is 44.8 Å². The van der Waals surface area contributed by atoms with Gasteiger partial charge in [0.15, 0.2) is 0 Å². The SMILES string of the molecule is CC1(C)CC(=C(C#N)C#N)C(C#N)=C(N2CCC(C3CCN(C4=C(C#N)C(=C(C#N)C#N)CC(C)(C)C4)CC3)CC2)C1. The molecule has 0 aromatic carbocycles. The molecule has 0 unspecified atom stereocenters. The van der Waals surface area contributed by atoms with E-state index in [1.165, 1.54) is 0 Å². The van der Waals surface area contributed by atoms with Crippen LogP contribution in [0, 0.1) is 90.7 Å². The third-order valence-corrected chi connectivity index (χ3v) is 9.57. The van der Waals surface area contributed by atoms with Gasteiger partial charge in [-0.2, -0.15) is 31.6 Å². The normalized spacial score (nSPS) is 22.7. The van der Waals surface area contributed by atoms with Gasteiger partial charge in [0.1, 0.15) is 47.6 Å². The van der Waals surface area contributed by atoms with Gasteiger partial charge in [-0.15, -0.1) is 0 Å². The Bertz CT molecular complexity index is 1360. The van der Waals surface area contributed by atoms with Crippen LogP contribution >= 0.6 is 0 Å². The minimum Gasteiger partial charge on any atom is -0.374 e. The van der Waals surface area contributed by atoms with Crippen LogP contribution in [0.25, 0.3) is 0 Å². The van der Waals surface area contributed by atoms with E-state index in [0.717, 1.165) is 76.1 Å². The van der Waals surface area contributed by atoms with Crippen LogP contribution in [0.5, 0.6) is 0 Å². The monoisotopic (exact) mass is 558 g/mol. The number of hydrogen-bond donors (Lipinski definition) is 0. The van der Waals surface area contributed by atoms with Crippen molar-refractivity contribution in [3.63, 3.8) is 0 Å². The van der Waals surface area contributed by atoms with Gasteiger partial charge in [0.05, 0.1) is 11.1 Å². The second kappa shape index (κ2) is 12.2. The van der Waals surface area contributed by atoms with Crippen molar-refractivity contribution in [2.45, 2.75) is 79.1 Å². The third-order valence-electron chi connectivity index (χ3n) is 9.57. The Balaban J connectivity index is 1.47. The van der Waals surface area contributed by atoms with Crippen LogP contribution in [0.3, 0.4) is 0 Å². The largest absolute Gasteiger partial charge is 0.374 e. The van der Waals surface area contributed by atoms with Gasteiger partial charge < -0.3 is 9.80 Å². The lowest BCUT2D eigenvalue weighted by Gasteiger charge is -2.45. The van der Waals surface area contributed by atoms with Crippen LogP contribution in [-0.2, 0) is 0 Å². The third kappa shape index (κ3) is 6.06. The molecule has 0 N–H and O–H groups in total. The van der Waals surface area contributed by atoms with E-state index in [4.69, 9.17) is 0 Å². The lowest BCUT2D eigenvalue weighted by molar-refractivity contribution is 0.110. The number of likely N-dealkylation sites (tertiary alicyclic amines) is 2. The second-order valence-electron chi connectivity index (χ2n) is 13.7. The average Bonchev–Trinajstić information content (AvgIpc) is 2.97. The van der Waals surface area contributed by atoms with Crippen LogP contribution in [-0.4, -0.2) is 36.0 Å². The first-order valence-corrected chi connectivity index (χ1v) is 14.8. The molecule has 0 bridgehead atoms. The summed E-state index contributed by atoms with van der Waals surface area (Å²) in [6.45, 7) is 12.0.